The molecule has 1 amide bonds. The van der Waals surface area contributed by atoms with Gasteiger partial charge in [0.25, 0.3) is 0 Å². The lowest BCUT2D eigenvalue weighted by atomic mass is 9.93. The van der Waals surface area contributed by atoms with Crippen molar-refractivity contribution < 1.29 is 19.4 Å². The fraction of sp³-hybridized carbons (Fsp3) is 0.185. The van der Waals surface area contributed by atoms with Crippen LogP contribution in [0.25, 0.3) is 17.2 Å². The Labute approximate surface area is 192 Å². The van der Waals surface area contributed by atoms with Gasteiger partial charge in [0.05, 0.1) is 0 Å². The van der Waals surface area contributed by atoms with E-state index in [-0.39, 0.29) is 6.61 Å². The van der Waals surface area contributed by atoms with Crippen LogP contribution >= 0.6 is 0 Å². The number of benzene rings is 3. The molecule has 33 heavy (non-hydrogen) atoms. The minimum atomic E-state index is -1.18. The SMILES string of the molecule is CC(=O)NC(C(=O)O)c1ccccc1OCc1cc2c(c(-c3cccc(CN)c3)c1)CC=C2. The molecule has 3 aromatic rings. The molecule has 0 spiro atoms. The number of carbonyl (C=O) groups excluding carboxylic acids is 1. The van der Waals surface area contributed by atoms with Crippen molar-refractivity contribution in [2.24, 2.45) is 5.73 Å². The maximum Gasteiger partial charge on any atom is 0.331 e. The molecule has 1 aliphatic rings. The van der Waals surface area contributed by atoms with Crippen LogP contribution in [0.2, 0.25) is 0 Å². The smallest absolute Gasteiger partial charge is 0.331 e. The van der Waals surface area contributed by atoms with Crippen molar-refractivity contribution in [3.8, 4) is 16.9 Å². The summed E-state index contributed by atoms with van der Waals surface area (Å²) in [6, 6.07) is 18.1. The van der Waals surface area contributed by atoms with Crippen LogP contribution < -0.4 is 15.8 Å². The summed E-state index contributed by atoms with van der Waals surface area (Å²) in [6.07, 6.45) is 5.13. The molecular weight excluding hydrogens is 416 g/mol. The summed E-state index contributed by atoms with van der Waals surface area (Å²) in [4.78, 5) is 23.3. The topological polar surface area (TPSA) is 102 Å². The first-order valence-corrected chi connectivity index (χ1v) is 10.8. The van der Waals surface area contributed by atoms with Crippen LogP contribution in [0, 0.1) is 0 Å². The van der Waals surface area contributed by atoms with E-state index in [4.69, 9.17) is 10.5 Å². The molecule has 0 saturated carbocycles. The molecule has 4 rings (SSSR count). The lowest BCUT2D eigenvalue weighted by molar-refractivity contribution is -0.141. The highest BCUT2D eigenvalue weighted by molar-refractivity contribution is 5.84. The minimum absolute atomic E-state index is 0.258. The highest BCUT2D eigenvalue weighted by Crippen LogP contribution is 2.34. The van der Waals surface area contributed by atoms with Gasteiger partial charge in [0.1, 0.15) is 12.4 Å². The Kier molecular flexibility index (Phi) is 6.56. The second kappa shape index (κ2) is 9.71. The second-order valence-corrected chi connectivity index (χ2v) is 8.02. The number of nitrogens with two attached hydrogens (primary N) is 1. The van der Waals surface area contributed by atoms with Gasteiger partial charge in [-0.15, -0.1) is 0 Å². The zero-order chi connectivity index (χ0) is 23.4. The molecular formula is C27H26N2O4. The number of amides is 1. The van der Waals surface area contributed by atoms with Crippen LogP contribution in [0.1, 0.15) is 40.8 Å². The third-order valence-corrected chi connectivity index (χ3v) is 5.66. The quantitative estimate of drug-likeness (QED) is 0.485. The molecule has 0 heterocycles. The maximum atomic E-state index is 11.8. The van der Waals surface area contributed by atoms with E-state index in [9.17, 15) is 14.7 Å². The molecule has 0 bridgehead atoms. The number of fused-ring (bicyclic) bond motifs is 1. The molecule has 0 aliphatic heterocycles. The van der Waals surface area contributed by atoms with Gasteiger partial charge in [0.2, 0.25) is 5.91 Å². The Morgan fingerprint density at radius 3 is 2.67 bits per heavy atom. The molecule has 0 saturated heterocycles. The fourth-order valence-electron chi connectivity index (χ4n) is 4.13. The molecule has 1 aliphatic carbocycles. The van der Waals surface area contributed by atoms with Gasteiger partial charge in [-0.05, 0) is 64.1 Å². The summed E-state index contributed by atoms with van der Waals surface area (Å²) >= 11 is 0. The molecule has 6 nitrogen and oxygen atoms in total. The first-order valence-electron chi connectivity index (χ1n) is 10.8. The zero-order valence-corrected chi connectivity index (χ0v) is 18.4. The number of ether oxygens (including phenoxy) is 1. The predicted octanol–water partition coefficient (Wildman–Crippen LogP) is 4.22. The van der Waals surface area contributed by atoms with Crippen molar-refractivity contribution in [3.05, 3.63) is 94.6 Å². The first-order chi connectivity index (χ1) is 16.0. The van der Waals surface area contributed by atoms with Crippen molar-refractivity contribution >= 4 is 18.0 Å². The van der Waals surface area contributed by atoms with Crippen LogP contribution in [0.5, 0.6) is 5.75 Å². The van der Waals surface area contributed by atoms with E-state index in [1.54, 1.807) is 24.3 Å². The molecule has 0 radical (unpaired) electrons. The zero-order valence-electron chi connectivity index (χ0n) is 18.4. The van der Waals surface area contributed by atoms with Gasteiger partial charge in [-0.25, -0.2) is 4.79 Å². The molecule has 6 heteroatoms. The Balaban J connectivity index is 1.65. The van der Waals surface area contributed by atoms with Crippen LogP contribution in [-0.4, -0.2) is 17.0 Å². The van der Waals surface area contributed by atoms with Gasteiger partial charge in [0, 0.05) is 19.0 Å². The number of hydrogen-bond acceptors (Lipinski definition) is 4. The van der Waals surface area contributed by atoms with Crippen LogP contribution in [-0.2, 0) is 29.2 Å². The first kappa shape index (κ1) is 22.3. The van der Waals surface area contributed by atoms with E-state index in [0.717, 1.165) is 34.2 Å². The number of para-hydroxylation sites is 1. The Hall–Kier alpha value is -3.90. The monoisotopic (exact) mass is 442 g/mol. The lowest BCUT2D eigenvalue weighted by Gasteiger charge is -2.19. The molecule has 0 fully saturated rings. The standard InChI is InChI=1S/C27H26N2O4/c1-17(30)29-26(27(31)32)23-9-2-3-11-25(23)33-16-19-13-20-8-5-10-22(20)24(14-19)21-7-4-6-18(12-21)15-28/h2-9,11-14,26H,10,15-16,28H2,1H3,(H,29,30)(H,31,32). The fourth-order valence-corrected chi connectivity index (χ4v) is 4.13. The van der Waals surface area contributed by atoms with Crippen molar-refractivity contribution in [2.75, 3.05) is 0 Å². The summed E-state index contributed by atoms with van der Waals surface area (Å²) in [6.45, 7) is 2.03. The molecule has 1 unspecified atom stereocenters. The van der Waals surface area contributed by atoms with Gasteiger partial charge >= 0.3 is 5.97 Å². The number of nitrogens with one attached hydrogen (secondary N) is 1. The molecule has 168 valence electrons. The Morgan fingerprint density at radius 1 is 1.09 bits per heavy atom. The number of rotatable bonds is 8. The summed E-state index contributed by atoms with van der Waals surface area (Å²) in [5.74, 6) is -1.15. The molecule has 3 aromatic carbocycles. The number of hydrogen-bond donors (Lipinski definition) is 3. The van der Waals surface area contributed by atoms with E-state index in [2.05, 4.69) is 41.7 Å². The van der Waals surface area contributed by atoms with E-state index in [1.807, 2.05) is 12.1 Å². The molecule has 0 aromatic heterocycles. The molecule has 1 atom stereocenters. The van der Waals surface area contributed by atoms with Crippen molar-refractivity contribution in [1.29, 1.82) is 0 Å². The normalized spacial score (nSPS) is 12.8. The van der Waals surface area contributed by atoms with Gasteiger partial charge in [-0.1, -0.05) is 48.6 Å². The van der Waals surface area contributed by atoms with Crippen LogP contribution in [0.4, 0.5) is 0 Å². The summed E-state index contributed by atoms with van der Waals surface area (Å²) in [5.41, 5.74) is 12.9. The summed E-state index contributed by atoms with van der Waals surface area (Å²) < 4.78 is 6.07. The number of allylic oxidation sites excluding steroid dienone is 1. The van der Waals surface area contributed by atoms with E-state index >= 15 is 0 Å². The van der Waals surface area contributed by atoms with E-state index < -0.39 is 17.9 Å². The van der Waals surface area contributed by atoms with Gasteiger partial charge in [-0.3, -0.25) is 4.79 Å². The second-order valence-electron chi connectivity index (χ2n) is 8.02. The average Bonchev–Trinajstić information content (AvgIpc) is 3.29. The van der Waals surface area contributed by atoms with Crippen molar-refractivity contribution in [3.63, 3.8) is 0 Å². The predicted molar refractivity (Wildman–Crippen MR) is 127 cm³/mol. The van der Waals surface area contributed by atoms with Crippen molar-refractivity contribution in [2.45, 2.75) is 32.5 Å². The largest absolute Gasteiger partial charge is 0.489 e. The lowest BCUT2D eigenvalue weighted by Crippen LogP contribution is -2.32. The maximum absolute atomic E-state index is 11.8. The number of carbonyl (C=O) groups is 2. The average molecular weight is 443 g/mol. The minimum Gasteiger partial charge on any atom is -0.489 e. The van der Waals surface area contributed by atoms with Crippen molar-refractivity contribution in [1.82, 2.24) is 5.32 Å². The van der Waals surface area contributed by atoms with Crippen LogP contribution in [0.3, 0.4) is 0 Å². The number of carboxylic acid groups (broad SMARTS) is 1. The van der Waals surface area contributed by atoms with Gasteiger partial charge < -0.3 is 20.9 Å². The summed E-state index contributed by atoms with van der Waals surface area (Å²) in [7, 11) is 0. The van der Waals surface area contributed by atoms with Gasteiger partial charge in [0.15, 0.2) is 6.04 Å². The van der Waals surface area contributed by atoms with Gasteiger partial charge in [-0.2, -0.15) is 0 Å². The summed E-state index contributed by atoms with van der Waals surface area (Å²) in [5, 5.41) is 12.1. The Bertz CT molecular complexity index is 1230. The van der Waals surface area contributed by atoms with E-state index in [1.165, 1.54) is 12.5 Å². The third-order valence-electron chi connectivity index (χ3n) is 5.66. The Morgan fingerprint density at radius 2 is 1.91 bits per heavy atom. The third kappa shape index (κ3) is 4.96. The van der Waals surface area contributed by atoms with Crippen LogP contribution in [0.15, 0.2) is 66.7 Å². The number of carboxylic acids is 1. The van der Waals surface area contributed by atoms with E-state index in [0.29, 0.717) is 17.9 Å². The highest BCUT2D eigenvalue weighted by Gasteiger charge is 2.24. The highest BCUT2D eigenvalue weighted by atomic mass is 16.5. The number of aliphatic carboxylic acids is 1. The molecule has 4 N–H and O–H groups in total.